The molecule has 0 bridgehead atoms. The lowest BCUT2D eigenvalue weighted by atomic mass is 9.46. The summed E-state index contributed by atoms with van der Waals surface area (Å²) in [6, 6.07) is 0. The van der Waals surface area contributed by atoms with Gasteiger partial charge in [0.05, 0.1) is 6.61 Å². The van der Waals surface area contributed by atoms with Crippen LogP contribution in [0.25, 0.3) is 0 Å². The molecule has 0 radical (unpaired) electrons. The summed E-state index contributed by atoms with van der Waals surface area (Å²) in [6.07, 6.45) is 9.84. The fourth-order valence-corrected chi connectivity index (χ4v) is 7.53. The van der Waals surface area contributed by atoms with E-state index in [0.29, 0.717) is 24.2 Å². The van der Waals surface area contributed by atoms with Gasteiger partial charge in [0.15, 0.2) is 11.6 Å². The number of hydrogen-bond acceptors (Lipinski definition) is 4. The molecule has 144 valence electrons. The lowest BCUT2D eigenvalue weighted by Crippen LogP contribution is -2.53. The van der Waals surface area contributed by atoms with Gasteiger partial charge in [-0.3, -0.25) is 9.59 Å². The van der Waals surface area contributed by atoms with Crippen LogP contribution in [0.2, 0.25) is 0 Å². The number of methoxy groups -OCH3 is 1. The molecular formula is C22H32O4. The molecule has 6 atom stereocenters. The molecule has 0 saturated heterocycles. The molecule has 4 aliphatic carbocycles. The van der Waals surface area contributed by atoms with Crippen LogP contribution in [-0.2, 0) is 14.3 Å². The summed E-state index contributed by atoms with van der Waals surface area (Å²) in [7, 11) is 1.78. The Balaban J connectivity index is 1.67. The predicted molar refractivity (Wildman–Crippen MR) is 98.5 cm³/mol. The third kappa shape index (κ3) is 2.48. The zero-order valence-electron chi connectivity index (χ0n) is 16.1. The van der Waals surface area contributed by atoms with Crippen molar-refractivity contribution in [2.45, 2.75) is 58.3 Å². The quantitative estimate of drug-likeness (QED) is 0.835. The van der Waals surface area contributed by atoms with E-state index in [1.807, 2.05) is 6.08 Å². The van der Waals surface area contributed by atoms with Crippen molar-refractivity contribution in [3.8, 4) is 0 Å². The molecule has 3 saturated carbocycles. The standard InChI is InChI=1S/C22H32O4/c1-21-9-8-18-16(17(21)5-6-19(21)20(25)12-23)4-3-14-11-15(24)7-10-22(14,18)13-26-2/h11,16-19,23H,3-10,12-13H2,1-2H3/t16-,17-,18-,19?,21-,22?/m0/s1. The van der Waals surface area contributed by atoms with Crippen molar-refractivity contribution in [3.05, 3.63) is 11.6 Å². The van der Waals surface area contributed by atoms with Crippen LogP contribution in [0.1, 0.15) is 58.3 Å². The Morgan fingerprint density at radius 2 is 2.00 bits per heavy atom. The van der Waals surface area contributed by atoms with Crippen LogP contribution >= 0.6 is 0 Å². The van der Waals surface area contributed by atoms with E-state index in [9.17, 15) is 14.7 Å². The largest absolute Gasteiger partial charge is 0.389 e. The van der Waals surface area contributed by atoms with Gasteiger partial charge in [0.2, 0.25) is 0 Å². The van der Waals surface area contributed by atoms with Crippen LogP contribution < -0.4 is 0 Å². The average Bonchev–Trinajstić information content (AvgIpc) is 2.99. The van der Waals surface area contributed by atoms with Gasteiger partial charge in [-0.15, -0.1) is 0 Å². The minimum absolute atomic E-state index is 0.0293. The summed E-state index contributed by atoms with van der Waals surface area (Å²) in [4.78, 5) is 24.4. The molecule has 1 N–H and O–H groups in total. The first kappa shape index (κ1) is 18.4. The van der Waals surface area contributed by atoms with Crippen molar-refractivity contribution in [1.29, 1.82) is 0 Å². The Morgan fingerprint density at radius 3 is 2.73 bits per heavy atom. The molecule has 0 heterocycles. The maximum Gasteiger partial charge on any atom is 0.161 e. The first-order valence-corrected chi connectivity index (χ1v) is 10.3. The molecule has 26 heavy (non-hydrogen) atoms. The van der Waals surface area contributed by atoms with E-state index in [0.717, 1.165) is 51.6 Å². The third-order valence-electron chi connectivity index (χ3n) is 8.63. The highest BCUT2D eigenvalue weighted by molar-refractivity contribution is 5.91. The minimum atomic E-state index is -0.316. The smallest absolute Gasteiger partial charge is 0.161 e. The molecular weight excluding hydrogens is 328 g/mol. The molecule has 0 aromatic carbocycles. The number of aliphatic hydroxyl groups excluding tert-OH is 1. The van der Waals surface area contributed by atoms with Crippen molar-refractivity contribution in [2.75, 3.05) is 20.3 Å². The van der Waals surface area contributed by atoms with E-state index < -0.39 is 0 Å². The van der Waals surface area contributed by atoms with E-state index in [1.54, 1.807) is 7.11 Å². The van der Waals surface area contributed by atoms with Crippen molar-refractivity contribution in [3.63, 3.8) is 0 Å². The topological polar surface area (TPSA) is 63.6 Å². The fourth-order valence-electron chi connectivity index (χ4n) is 7.53. The zero-order chi connectivity index (χ0) is 18.5. The lowest BCUT2D eigenvalue weighted by molar-refractivity contribution is -0.134. The van der Waals surface area contributed by atoms with E-state index in [4.69, 9.17) is 4.74 Å². The van der Waals surface area contributed by atoms with Gasteiger partial charge in [0.25, 0.3) is 0 Å². The number of carbonyl (C=O) groups excluding carboxylic acids is 2. The number of carbonyl (C=O) groups is 2. The molecule has 4 nitrogen and oxygen atoms in total. The molecule has 4 aliphatic rings. The van der Waals surface area contributed by atoms with E-state index in [-0.39, 0.29) is 34.9 Å². The van der Waals surface area contributed by atoms with Crippen LogP contribution in [0.5, 0.6) is 0 Å². The van der Waals surface area contributed by atoms with Crippen LogP contribution in [0, 0.1) is 34.5 Å². The van der Waals surface area contributed by atoms with Gasteiger partial charge in [-0.2, -0.15) is 0 Å². The maximum absolute atomic E-state index is 12.3. The van der Waals surface area contributed by atoms with Crippen LogP contribution in [0.15, 0.2) is 11.6 Å². The Bertz CT molecular complexity index is 638. The molecule has 2 unspecified atom stereocenters. The van der Waals surface area contributed by atoms with Gasteiger partial charge in [-0.25, -0.2) is 0 Å². The van der Waals surface area contributed by atoms with E-state index in [1.165, 1.54) is 5.57 Å². The summed E-state index contributed by atoms with van der Waals surface area (Å²) in [6.45, 7) is 2.71. The summed E-state index contributed by atoms with van der Waals surface area (Å²) in [5.41, 5.74) is 1.41. The minimum Gasteiger partial charge on any atom is -0.389 e. The van der Waals surface area contributed by atoms with Gasteiger partial charge < -0.3 is 9.84 Å². The van der Waals surface area contributed by atoms with Gasteiger partial charge in [-0.1, -0.05) is 12.5 Å². The van der Waals surface area contributed by atoms with Crippen molar-refractivity contribution >= 4 is 11.6 Å². The lowest BCUT2D eigenvalue weighted by Gasteiger charge is -2.58. The Labute approximate surface area is 156 Å². The maximum atomic E-state index is 12.3. The van der Waals surface area contributed by atoms with Gasteiger partial charge in [0.1, 0.15) is 6.61 Å². The fraction of sp³-hybridized carbons (Fsp3) is 0.818. The molecule has 0 spiro atoms. The normalized spacial score (nSPS) is 44.7. The van der Waals surface area contributed by atoms with E-state index >= 15 is 0 Å². The second-order valence-corrected chi connectivity index (χ2v) is 9.44. The Hall–Kier alpha value is -1.00. The van der Waals surface area contributed by atoms with Gasteiger partial charge >= 0.3 is 0 Å². The molecule has 3 fully saturated rings. The highest BCUT2D eigenvalue weighted by atomic mass is 16.5. The second kappa shape index (κ2) is 6.56. The molecule has 0 aromatic rings. The highest BCUT2D eigenvalue weighted by Crippen LogP contribution is 2.66. The number of hydrogen-bond donors (Lipinski definition) is 1. The van der Waals surface area contributed by atoms with Crippen molar-refractivity contribution in [1.82, 2.24) is 0 Å². The highest BCUT2D eigenvalue weighted by Gasteiger charge is 2.61. The first-order chi connectivity index (χ1) is 12.5. The molecule has 0 amide bonds. The van der Waals surface area contributed by atoms with Gasteiger partial charge in [-0.05, 0) is 74.2 Å². The number of Topliss-reactive ketones (excluding diaryl/α,β-unsaturated/α-hetero) is 1. The number of fused-ring (bicyclic) bond motifs is 5. The third-order valence-corrected chi connectivity index (χ3v) is 8.63. The molecule has 0 aliphatic heterocycles. The molecule has 4 rings (SSSR count). The number of rotatable bonds is 4. The number of aliphatic hydroxyl groups is 1. The molecule has 0 aromatic heterocycles. The Morgan fingerprint density at radius 1 is 1.19 bits per heavy atom. The second-order valence-electron chi connectivity index (χ2n) is 9.44. The average molecular weight is 360 g/mol. The molecule has 4 heteroatoms. The summed E-state index contributed by atoms with van der Waals surface area (Å²) >= 11 is 0. The van der Waals surface area contributed by atoms with E-state index in [2.05, 4.69) is 6.92 Å². The van der Waals surface area contributed by atoms with Crippen LogP contribution in [0.4, 0.5) is 0 Å². The van der Waals surface area contributed by atoms with Gasteiger partial charge in [0, 0.05) is 24.9 Å². The SMILES string of the molecule is COCC12CCC(=O)C=C1CC[C@@H]1[C@@H]2CC[C@]2(C)C(C(=O)CO)CC[C@@H]12. The van der Waals surface area contributed by atoms with Crippen molar-refractivity contribution < 1.29 is 19.4 Å². The summed E-state index contributed by atoms with van der Waals surface area (Å²) < 4.78 is 5.70. The van der Waals surface area contributed by atoms with Crippen LogP contribution in [0.3, 0.4) is 0 Å². The monoisotopic (exact) mass is 360 g/mol. The predicted octanol–water partition coefficient (Wildman–Crippen LogP) is 3.32. The number of ether oxygens (including phenoxy) is 1. The van der Waals surface area contributed by atoms with Crippen molar-refractivity contribution in [2.24, 2.45) is 34.5 Å². The van der Waals surface area contributed by atoms with Crippen LogP contribution in [-0.4, -0.2) is 37.0 Å². The first-order valence-electron chi connectivity index (χ1n) is 10.3. The number of ketones is 2. The summed E-state index contributed by atoms with van der Waals surface area (Å²) in [5.74, 6) is 2.10. The zero-order valence-corrected chi connectivity index (χ0v) is 16.1. The summed E-state index contributed by atoms with van der Waals surface area (Å²) in [5, 5.41) is 9.42. The Kier molecular flexibility index (Phi) is 4.63.